The molecule has 1 aliphatic rings. The molecule has 1 N–H and O–H groups in total. The third-order valence-corrected chi connectivity index (χ3v) is 4.19. The van der Waals surface area contributed by atoms with Crippen molar-refractivity contribution in [1.82, 2.24) is 10.3 Å². The van der Waals surface area contributed by atoms with Gasteiger partial charge in [-0.05, 0) is 24.3 Å². The fraction of sp³-hybridized carbons (Fsp3) is 0.200. The van der Waals surface area contributed by atoms with Crippen LogP contribution in [0.25, 0.3) is 11.3 Å². The minimum absolute atomic E-state index is 0.191. The van der Waals surface area contributed by atoms with Gasteiger partial charge in [-0.2, -0.15) is 0 Å². The molecule has 1 atom stereocenters. The molecule has 0 radical (unpaired) electrons. The standard InChI is InChI=1S/C20H18N2O5/c1-24-15-7-3-2-6-14(15)19-18(22-12-26-19)20(23)21-10-13-11-25-16-8-4-5-9-17(16)27-13/h2-9,12-13H,10-11H2,1H3,(H,21,23)/t13-/m0/s1. The van der Waals surface area contributed by atoms with E-state index in [0.29, 0.717) is 35.2 Å². The van der Waals surface area contributed by atoms with E-state index >= 15 is 0 Å². The number of aromatic nitrogens is 1. The van der Waals surface area contributed by atoms with Crippen LogP contribution >= 0.6 is 0 Å². The van der Waals surface area contributed by atoms with Gasteiger partial charge in [-0.15, -0.1) is 0 Å². The molecule has 2 aromatic carbocycles. The number of carbonyl (C=O) groups is 1. The summed E-state index contributed by atoms with van der Waals surface area (Å²) in [6.07, 6.45) is 0.957. The van der Waals surface area contributed by atoms with Gasteiger partial charge in [0, 0.05) is 0 Å². The van der Waals surface area contributed by atoms with Crippen LogP contribution in [-0.4, -0.2) is 37.3 Å². The molecule has 0 unspecified atom stereocenters. The number of ether oxygens (including phenoxy) is 3. The molecule has 3 aromatic rings. The quantitative estimate of drug-likeness (QED) is 0.748. The lowest BCUT2D eigenvalue weighted by molar-refractivity contribution is 0.0787. The number of oxazole rings is 1. The highest BCUT2D eigenvalue weighted by Gasteiger charge is 2.24. The largest absolute Gasteiger partial charge is 0.496 e. The van der Waals surface area contributed by atoms with E-state index in [4.69, 9.17) is 18.6 Å². The summed E-state index contributed by atoms with van der Waals surface area (Å²) in [5, 5.41) is 2.83. The number of amides is 1. The van der Waals surface area contributed by atoms with Gasteiger partial charge in [0.15, 0.2) is 29.3 Å². The van der Waals surface area contributed by atoms with Crippen molar-refractivity contribution in [3.05, 3.63) is 60.6 Å². The van der Waals surface area contributed by atoms with E-state index in [9.17, 15) is 4.79 Å². The molecule has 1 amide bonds. The first-order valence-electron chi connectivity index (χ1n) is 8.50. The number of nitrogens with zero attached hydrogens (tertiary/aromatic N) is 1. The second-order valence-electron chi connectivity index (χ2n) is 5.94. The summed E-state index contributed by atoms with van der Waals surface area (Å²) in [6.45, 7) is 0.640. The van der Waals surface area contributed by atoms with E-state index in [0.717, 1.165) is 0 Å². The molecular weight excluding hydrogens is 348 g/mol. The minimum atomic E-state index is -0.355. The number of nitrogens with one attached hydrogen (secondary N) is 1. The maximum atomic E-state index is 12.6. The van der Waals surface area contributed by atoms with Crippen molar-refractivity contribution < 1.29 is 23.4 Å². The van der Waals surface area contributed by atoms with Gasteiger partial charge in [-0.1, -0.05) is 24.3 Å². The van der Waals surface area contributed by atoms with E-state index in [-0.39, 0.29) is 24.2 Å². The molecule has 0 bridgehead atoms. The number of hydrogen-bond donors (Lipinski definition) is 1. The van der Waals surface area contributed by atoms with Crippen molar-refractivity contribution in [2.75, 3.05) is 20.3 Å². The van der Waals surface area contributed by atoms with Crippen LogP contribution in [0, 0.1) is 0 Å². The molecule has 0 saturated heterocycles. The zero-order chi connectivity index (χ0) is 18.6. The summed E-state index contributed by atoms with van der Waals surface area (Å²) in [5.74, 6) is 1.97. The monoisotopic (exact) mass is 366 g/mol. The lowest BCUT2D eigenvalue weighted by Crippen LogP contribution is -2.40. The van der Waals surface area contributed by atoms with Crippen molar-refractivity contribution in [3.8, 4) is 28.6 Å². The summed E-state index contributed by atoms with van der Waals surface area (Å²) in [4.78, 5) is 16.7. The van der Waals surface area contributed by atoms with E-state index < -0.39 is 0 Å². The molecule has 138 valence electrons. The van der Waals surface area contributed by atoms with Gasteiger partial charge in [0.25, 0.3) is 5.91 Å². The van der Waals surface area contributed by atoms with Gasteiger partial charge in [-0.3, -0.25) is 4.79 Å². The number of hydrogen-bond acceptors (Lipinski definition) is 6. The summed E-state index contributed by atoms with van der Waals surface area (Å²) >= 11 is 0. The highest BCUT2D eigenvalue weighted by atomic mass is 16.6. The molecule has 1 aromatic heterocycles. The van der Waals surface area contributed by atoms with Crippen molar-refractivity contribution in [3.63, 3.8) is 0 Å². The van der Waals surface area contributed by atoms with Crippen LogP contribution in [0.15, 0.2) is 59.3 Å². The molecule has 0 aliphatic carbocycles. The van der Waals surface area contributed by atoms with E-state index in [1.807, 2.05) is 42.5 Å². The Labute approximate surface area is 155 Å². The maximum Gasteiger partial charge on any atom is 0.274 e. The van der Waals surface area contributed by atoms with Crippen LogP contribution in [0.5, 0.6) is 17.2 Å². The van der Waals surface area contributed by atoms with Crippen molar-refractivity contribution >= 4 is 5.91 Å². The molecule has 7 nitrogen and oxygen atoms in total. The fourth-order valence-corrected chi connectivity index (χ4v) is 2.89. The third kappa shape index (κ3) is 3.44. The van der Waals surface area contributed by atoms with Gasteiger partial charge < -0.3 is 23.9 Å². The first kappa shape index (κ1) is 17.0. The third-order valence-electron chi connectivity index (χ3n) is 4.19. The molecule has 0 spiro atoms. The highest BCUT2D eigenvalue weighted by molar-refractivity contribution is 5.98. The summed E-state index contributed by atoms with van der Waals surface area (Å²) in [6, 6.07) is 14.7. The van der Waals surface area contributed by atoms with Gasteiger partial charge in [-0.25, -0.2) is 4.98 Å². The Balaban J connectivity index is 1.45. The molecule has 7 heteroatoms. The summed E-state index contributed by atoms with van der Waals surface area (Å²) in [7, 11) is 1.56. The normalized spacial score (nSPS) is 15.2. The van der Waals surface area contributed by atoms with Crippen LogP contribution in [0.2, 0.25) is 0 Å². The minimum Gasteiger partial charge on any atom is -0.496 e. The number of rotatable bonds is 5. The Morgan fingerprint density at radius 2 is 1.96 bits per heavy atom. The SMILES string of the molecule is COc1ccccc1-c1ocnc1C(=O)NC[C@H]1COc2ccccc2O1. The Hall–Kier alpha value is -3.48. The van der Waals surface area contributed by atoms with Crippen molar-refractivity contribution in [1.29, 1.82) is 0 Å². The Bertz CT molecular complexity index is 953. The predicted molar refractivity (Wildman–Crippen MR) is 97.2 cm³/mol. The highest BCUT2D eigenvalue weighted by Crippen LogP contribution is 2.32. The molecule has 4 rings (SSSR count). The fourth-order valence-electron chi connectivity index (χ4n) is 2.89. The van der Waals surface area contributed by atoms with Gasteiger partial charge in [0.1, 0.15) is 18.5 Å². The van der Waals surface area contributed by atoms with Gasteiger partial charge >= 0.3 is 0 Å². The topological polar surface area (TPSA) is 82.8 Å². The van der Waals surface area contributed by atoms with Crippen LogP contribution in [-0.2, 0) is 0 Å². The molecular formula is C20H18N2O5. The second kappa shape index (κ2) is 7.41. The molecule has 27 heavy (non-hydrogen) atoms. The number of carbonyl (C=O) groups excluding carboxylic acids is 1. The second-order valence-corrected chi connectivity index (χ2v) is 5.94. The van der Waals surface area contributed by atoms with Crippen molar-refractivity contribution in [2.24, 2.45) is 0 Å². The molecule has 2 heterocycles. The Morgan fingerprint density at radius 1 is 1.19 bits per heavy atom. The maximum absolute atomic E-state index is 12.6. The lowest BCUT2D eigenvalue weighted by atomic mass is 10.1. The van der Waals surface area contributed by atoms with Crippen LogP contribution in [0.3, 0.4) is 0 Å². The molecule has 0 fully saturated rings. The number of methoxy groups -OCH3 is 1. The van der Waals surface area contributed by atoms with E-state index in [1.165, 1.54) is 6.39 Å². The van der Waals surface area contributed by atoms with Crippen LogP contribution < -0.4 is 19.5 Å². The summed E-state index contributed by atoms with van der Waals surface area (Å²) in [5.41, 5.74) is 0.852. The number of para-hydroxylation sites is 3. The number of fused-ring (bicyclic) bond motifs is 1. The Kier molecular flexibility index (Phi) is 4.65. The lowest BCUT2D eigenvalue weighted by Gasteiger charge is -2.26. The van der Waals surface area contributed by atoms with Gasteiger partial charge in [0.05, 0.1) is 19.2 Å². The zero-order valence-electron chi connectivity index (χ0n) is 14.7. The van der Waals surface area contributed by atoms with E-state index in [2.05, 4.69) is 10.3 Å². The van der Waals surface area contributed by atoms with E-state index in [1.54, 1.807) is 13.2 Å². The molecule has 1 aliphatic heterocycles. The van der Waals surface area contributed by atoms with Crippen LogP contribution in [0.4, 0.5) is 0 Å². The van der Waals surface area contributed by atoms with Gasteiger partial charge in [0.2, 0.25) is 0 Å². The van der Waals surface area contributed by atoms with Crippen molar-refractivity contribution in [2.45, 2.75) is 6.10 Å². The average Bonchev–Trinajstić information content (AvgIpc) is 3.21. The smallest absolute Gasteiger partial charge is 0.274 e. The molecule has 0 saturated carbocycles. The zero-order valence-corrected chi connectivity index (χ0v) is 14.7. The summed E-state index contributed by atoms with van der Waals surface area (Å²) < 4.78 is 22.3. The number of benzene rings is 2. The Morgan fingerprint density at radius 3 is 2.81 bits per heavy atom. The predicted octanol–water partition coefficient (Wildman–Crippen LogP) is 2.92. The average molecular weight is 366 g/mol. The van der Waals surface area contributed by atoms with Crippen LogP contribution in [0.1, 0.15) is 10.5 Å². The first-order chi connectivity index (χ1) is 13.3. The first-order valence-corrected chi connectivity index (χ1v) is 8.50.